The Kier molecular flexibility index (Phi) is 6.36. The summed E-state index contributed by atoms with van der Waals surface area (Å²) >= 11 is 6.31. The first-order valence-corrected chi connectivity index (χ1v) is 11.5. The number of ether oxygens (including phenoxy) is 1. The lowest BCUT2D eigenvalue weighted by atomic mass is 10.1. The predicted octanol–water partition coefficient (Wildman–Crippen LogP) is 4.15. The summed E-state index contributed by atoms with van der Waals surface area (Å²) in [5.74, 6) is 5.69. The summed E-state index contributed by atoms with van der Waals surface area (Å²) in [6, 6.07) is 6.69. The molecular weight excluding hydrogens is 450 g/mol. The zero-order valence-electron chi connectivity index (χ0n) is 21.5. The molecule has 1 saturated heterocycles. The van der Waals surface area contributed by atoms with Crippen LogP contribution < -0.4 is 10.5 Å². The maximum absolute atomic E-state index is 9.87. The van der Waals surface area contributed by atoms with E-state index < -0.39 is 12.2 Å². The summed E-state index contributed by atoms with van der Waals surface area (Å²) in [7, 11) is 2.12. The second kappa shape index (κ2) is 10.1. The molecule has 0 amide bonds. The van der Waals surface area contributed by atoms with Crippen LogP contribution in [-0.2, 0) is 6.56 Å². The Bertz CT molecular complexity index is 1300. The first-order valence-electron chi connectivity index (χ1n) is 12.1. The van der Waals surface area contributed by atoms with E-state index in [-0.39, 0.29) is 22.2 Å². The van der Waals surface area contributed by atoms with Crippen LogP contribution in [0, 0.1) is 11.8 Å². The largest absolute Gasteiger partial charge is 0.485 e. The fourth-order valence-electron chi connectivity index (χ4n) is 3.66. The number of likely N-dealkylation sites (tertiary alicyclic amines) is 1. The number of halogens is 1. The smallest absolute Gasteiger partial charge is 0.166 e. The molecule has 1 aliphatic rings. The van der Waals surface area contributed by atoms with Crippen molar-refractivity contribution in [3.8, 4) is 28.7 Å². The maximum atomic E-state index is 9.87. The zero-order valence-corrected chi connectivity index (χ0v) is 20.3. The number of hydrogen-bond acceptors (Lipinski definition) is 6. The monoisotopic (exact) mass is 481 g/mol. The van der Waals surface area contributed by atoms with Gasteiger partial charge in [0, 0.05) is 39.7 Å². The SMILES string of the molecule is [2H]C([2H])(Oc1cc(-c2cnn(C3CCN(C)CC3)c2)cnc1N)c1cc(C#CC(C)(C)O)ccc1Cl. The van der Waals surface area contributed by atoms with Crippen molar-refractivity contribution in [3.05, 3.63) is 59.0 Å². The summed E-state index contributed by atoms with van der Waals surface area (Å²) < 4.78 is 24.9. The summed E-state index contributed by atoms with van der Waals surface area (Å²) in [5.41, 5.74) is 6.99. The van der Waals surface area contributed by atoms with E-state index in [2.05, 4.69) is 33.9 Å². The molecule has 4 rings (SSSR count). The van der Waals surface area contributed by atoms with Gasteiger partial charge in [-0.1, -0.05) is 23.4 Å². The molecule has 1 aromatic carbocycles. The van der Waals surface area contributed by atoms with Crippen LogP contribution >= 0.6 is 11.6 Å². The Labute approximate surface area is 208 Å². The average Bonchev–Trinajstić information content (AvgIpc) is 3.30. The van der Waals surface area contributed by atoms with E-state index in [1.807, 2.05) is 10.9 Å². The van der Waals surface area contributed by atoms with E-state index in [4.69, 9.17) is 24.8 Å². The number of rotatable bonds is 5. The van der Waals surface area contributed by atoms with Crippen molar-refractivity contribution >= 4 is 17.4 Å². The summed E-state index contributed by atoms with van der Waals surface area (Å²) in [6.45, 7) is 2.88. The third kappa shape index (κ3) is 6.09. The summed E-state index contributed by atoms with van der Waals surface area (Å²) in [4.78, 5) is 6.53. The number of nitrogens with two attached hydrogens (primary N) is 1. The Hall–Kier alpha value is -3.05. The third-order valence-electron chi connectivity index (χ3n) is 5.63. The molecule has 1 fully saturated rings. The molecule has 34 heavy (non-hydrogen) atoms. The molecule has 0 bridgehead atoms. The Morgan fingerprint density at radius 1 is 1.26 bits per heavy atom. The molecule has 0 atom stereocenters. The molecule has 3 heterocycles. The van der Waals surface area contributed by atoms with Gasteiger partial charge in [-0.2, -0.15) is 5.10 Å². The minimum atomic E-state index is -2.32. The number of aromatic nitrogens is 3. The van der Waals surface area contributed by atoms with Crippen LogP contribution in [0.1, 0.15) is 46.6 Å². The highest BCUT2D eigenvalue weighted by Gasteiger charge is 2.19. The van der Waals surface area contributed by atoms with Gasteiger partial charge in [-0.15, -0.1) is 0 Å². The van der Waals surface area contributed by atoms with Gasteiger partial charge in [0.05, 0.1) is 15.0 Å². The molecule has 0 aliphatic carbocycles. The van der Waals surface area contributed by atoms with Crippen molar-refractivity contribution in [2.75, 3.05) is 25.9 Å². The van der Waals surface area contributed by atoms with Crippen molar-refractivity contribution in [1.29, 1.82) is 0 Å². The number of anilines is 1. The summed E-state index contributed by atoms with van der Waals surface area (Å²) in [6.07, 6.45) is 7.43. The number of nitrogens with zero attached hydrogens (tertiary/aromatic N) is 4. The normalized spacial score (nSPS) is 16.4. The molecule has 7 nitrogen and oxygen atoms in total. The van der Waals surface area contributed by atoms with Crippen LogP contribution in [0.3, 0.4) is 0 Å². The molecule has 0 unspecified atom stereocenters. The standard InChI is InChI=1S/C26H30ClN5O2/c1-26(2,33)9-6-18-4-5-23(27)20(12-18)17-34-24-13-19(14-29-25(24)28)21-15-30-32(16-21)22-7-10-31(3)11-8-22/h4-5,12-16,22,33H,7-8,10-11,17H2,1-3H3,(H2,28,29)/i17D2. The van der Waals surface area contributed by atoms with E-state index in [0.29, 0.717) is 17.2 Å². The lowest BCUT2D eigenvalue weighted by molar-refractivity contribution is 0.143. The fourth-order valence-corrected chi connectivity index (χ4v) is 3.81. The maximum Gasteiger partial charge on any atom is 0.166 e. The molecule has 2 aromatic heterocycles. The van der Waals surface area contributed by atoms with Crippen molar-refractivity contribution in [1.82, 2.24) is 19.7 Å². The molecule has 8 heteroatoms. The molecule has 3 aromatic rings. The van der Waals surface area contributed by atoms with Crippen molar-refractivity contribution in [2.24, 2.45) is 0 Å². The topological polar surface area (TPSA) is 89.4 Å². The number of piperidine rings is 1. The lowest BCUT2D eigenvalue weighted by Gasteiger charge is -2.28. The van der Waals surface area contributed by atoms with Gasteiger partial charge in [-0.25, -0.2) is 4.98 Å². The molecule has 178 valence electrons. The highest BCUT2D eigenvalue weighted by Crippen LogP contribution is 2.30. The van der Waals surface area contributed by atoms with Crippen LogP contribution in [0.15, 0.2) is 42.9 Å². The van der Waals surface area contributed by atoms with Crippen LogP contribution in [0.2, 0.25) is 5.02 Å². The van der Waals surface area contributed by atoms with Crippen LogP contribution in [0.25, 0.3) is 11.1 Å². The molecule has 0 spiro atoms. The van der Waals surface area contributed by atoms with Gasteiger partial charge in [0.2, 0.25) is 0 Å². The van der Waals surface area contributed by atoms with E-state index in [1.165, 1.54) is 6.07 Å². The molecule has 3 N–H and O–H groups in total. The quantitative estimate of drug-likeness (QED) is 0.532. The molecular formula is C26H30ClN5O2. The van der Waals surface area contributed by atoms with Crippen molar-refractivity contribution in [3.63, 3.8) is 0 Å². The number of aliphatic hydroxyl groups is 1. The zero-order chi connectivity index (χ0) is 26.1. The van der Waals surface area contributed by atoms with E-state index in [0.717, 1.165) is 31.5 Å². The van der Waals surface area contributed by atoms with Crippen LogP contribution in [0.5, 0.6) is 5.75 Å². The first-order chi connectivity index (χ1) is 16.9. The first kappa shape index (κ1) is 21.5. The van der Waals surface area contributed by atoms with Gasteiger partial charge in [0.15, 0.2) is 11.6 Å². The van der Waals surface area contributed by atoms with E-state index in [9.17, 15) is 5.11 Å². The van der Waals surface area contributed by atoms with Gasteiger partial charge in [-0.3, -0.25) is 4.68 Å². The minimum absolute atomic E-state index is 0.0550. The number of benzene rings is 1. The predicted molar refractivity (Wildman–Crippen MR) is 135 cm³/mol. The highest BCUT2D eigenvalue weighted by atomic mass is 35.5. The van der Waals surface area contributed by atoms with Crippen LogP contribution in [0.4, 0.5) is 5.82 Å². The van der Waals surface area contributed by atoms with E-state index >= 15 is 0 Å². The van der Waals surface area contributed by atoms with Gasteiger partial charge in [0.25, 0.3) is 0 Å². The molecule has 1 aliphatic heterocycles. The summed E-state index contributed by atoms with van der Waals surface area (Å²) in [5, 5.41) is 14.6. The molecule has 0 radical (unpaired) electrons. The number of hydrogen-bond donors (Lipinski definition) is 2. The van der Waals surface area contributed by atoms with Gasteiger partial charge < -0.3 is 20.5 Å². The Morgan fingerprint density at radius 2 is 2.03 bits per heavy atom. The average molecular weight is 482 g/mol. The van der Waals surface area contributed by atoms with Crippen LogP contribution in [-0.4, -0.2) is 50.5 Å². The number of pyridine rings is 1. The van der Waals surface area contributed by atoms with E-state index in [1.54, 1.807) is 44.4 Å². The van der Waals surface area contributed by atoms with Gasteiger partial charge in [-0.05, 0) is 71.1 Å². The highest BCUT2D eigenvalue weighted by molar-refractivity contribution is 6.31. The lowest BCUT2D eigenvalue weighted by Crippen LogP contribution is -2.31. The second-order valence-electron chi connectivity index (χ2n) is 9.06. The van der Waals surface area contributed by atoms with Gasteiger partial charge in [0.1, 0.15) is 12.2 Å². The fraction of sp³-hybridized carbons (Fsp3) is 0.385. The Morgan fingerprint density at radius 3 is 2.76 bits per heavy atom. The Balaban J connectivity index is 1.58. The van der Waals surface area contributed by atoms with Gasteiger partial charge >= 0.3 is 0 Å². The third-order valence-corrected chi connectivity index (χ3v) is 5.96. The number of nitrogen functional groups attached to an aromatic ring is 1. The minimum Gasteiger partial charge on any atom is -0.485 e. The molecule has 0 saturated carbocycles. The van der Waals surface area contributed by atoms with Crippen molar-refractivity contribution < 1.29 is 12.6 Å². The van der Waals surface area contributed by atoms with Crippen molar-refractivity contribution in [2.45, 2.75) is 44.9 Å². The second-order valence-corrected chi connectivity index (χ2v) is 9.47.